The molecule has 110 valence electrons. The van der Waals surface area contributed by atoms with Crippen LogP contribution >= 0.6 is 0 Å². The number of rotatable bonds is 6. The minimum atomic E-state index is -3.78. The normalized spacial score (nSPS) is 11.6. The van der Waals surface area contributed by atoms with Crippen molar-refractivity contribution >= 4 is 10.0 Å². The summed E-state index contributed by atoms with van der Waals surface area (Å²) in [5.41, 5.74) is 0.132. The molecule has 0 aliphatic carbocycles. The molecule has 0 aliphatic rings. The van der Waals surface area contributed by atoms with Crippen molar-refractivity contribution in [3.63, 3.8) is 0 Å². The van der Waals surface area contributed by atoms with Gasteiger partial charge in [-0.1, -0.05) is 12.8 Å². The van der Waals surface area contributed by atoms with Crippen LogP contribution in [-0.4, -0.2) is 30.9 Å². The number of aryl methyl sites for hydroxylation is 1. The molecular formula is C14H18FNO3S. The lowest BCUT2D eigenvalue weighted by atomic mass is 10.1. The van der Waals surface area contributed by atoms with Crippen molar-refractivity contribution in [1.29, 1.82) is 0 Å². The summed E-state index contributed by atoms with van der Waals surface area (Å²) in [5, 5.41) is 9.10. The van der Waals surface area contributed by atoms with Crippen molar-refractivity contribution in [3.8, 4) is 12.3 Å². The SMILES string of the molecule is C#CCN(CCC)S(=O)(=O)c1cc(C)c(F)c(CO)c1. The van der Waals surface area contributed by atoms with E-state index in [1.165, 1.54) is 17.3 Å². The van der Waals surface area contributed by atoms with Crippen molar-refractivity contribution in [2.45, 2.75) is 31.8 Å². The van der Waals surface area contributed by atoms with Crippen LogP contribution in [0.1, 0.15) is 24.5 Å². The van der Waals surface area contributed by atoms with E-state index in [2.05, 4.69) is 5.92 Å². The maximum atomic E-state index is 13.7. The molecule has 0 saturated heterocycles. The Morgan fingerprint density at radius 2 is 2.10 bits per heavy atom. The molecule has 0 atom stereocenters. The fraction of sp³-hybridized carbons (Fsp3) is 0.429. The summed E-state index contributed by atoms with van der Waals surface area (Å²) in [6, 6.07) is 2.40. The highest BCUT2D eigenvalue weighted by Crippen LogP contribution is 2.22. The zero-order valence-electron chi connectivity index (χ0n) is 11.6. The fourth-order valence-corrected chi connectivity index (χ4v) is 3.44. The number of terminal acetylenes is 1. The molecule has 0 fully saturated rings. The standard InChI is InChI=1S/C14H18FNO3S/c1-4-6-16(7-5-2)20(18,19)13-8-11(3)14(15)12(9-13)10-17/h1,8-9,17H,5-7,10H2,2-3H3. The molecule has 0 amide bonds. The highest BCUT2D eigenvalue weighted by Gasteiger charge is 2.24. The van der Waals surface area contributed by atoms with Crippen molar-refractivity contribution in [1.82, 2.24) is 4.31 Å². The van der Waals surface area contributed by atoms with Crippen LogP contribution < -0.4 is 0 Å². The van der Waals surface area contributed by atoms with Crippen LogP contribution in [0.3, 0.4) is 0 Å². The average molecular weight is 299 g/mol. The van der Waals surface area contributed by atoms with Gasteiger partial charge in [0.25, 0.3) is 0 Å². The third-order valence-electron chi connectivity index (χ3n) is 2.85. The number of aliphatic hydroxyl groups excluding tert-OH is 1. The summed E-state index contributed by atoms with van der Waals surface area (Å²) < 4.78 is 39.8. The van der Waals surface area contributed by atoms with Gasteiger partial charge < -0.3 is 5.11 Å². The van der Waals surface area contributed by atoms with E-state index in [9.17, 15) is 12.8 Å². The minimum absolute atomic E-state index is 0.0406. The lowest BCUT2D eigenvalue weighted by Gasteiger charge is -2.20. The first-order chi connectivity index (χ1) is 9.38. The van der Waals surface area contributed by atoms with E-state index in [1.807, 2.05) is 6.92 Å². The van der Waals surface area contributed by atoms with Crippen LogP contribution in [0, 0.1) is 25.1 Å². The molecule has 1 N–H and O–H groups in total. The predicted octanol–water partition coefficient (Wildman–Crippen LogP) is 1.66. The number of benzene rings is 1. The quantitative estimate of drug-likeness (QED) is 0.813. The maximum absolute atomic E-state index is 13.7. The molecule has 6 heteroatoms. The van der Waals surface area contributed by atoms with E-state index >= 15 is 0 Å². The van der Waals surface area contributed by atoms with Crippen LogP contribution in [0.2, 0.25) is 0 Å². The Hall–Kier alpha value is -1.42. The first-order valence-electron chi connectivity index (χ1n) is 6.22. The Labute approximate surface area is 119 Å². The largest absolute Gasteiger partial charge is 0.392 e. The van der Waals surface area contributed by atoms with Gasteiger partial charge in [0.2, 0.25) is 10.0 Å². The number of hydrogen-bond acceptors (Lipinski definition) is 3. The topological polar surface area (TPSA) is 57.6 Å². The molecule has 0 radical (unpaired) electrons. The van der Waals surface area contributed by atoms with Gasteiger partial charge >= 0.3 is 0 Å². The highest BCUT2D eigenvalue weighted by atomic mass is 32.2. The molecule has 0 spiro atoms. The zero-order valence-corrected chi connectivity index (χ0v) is 12.4. The predicted molar refractivity (Wildman–Crippen MR) is 74.9 cm³/mol. The van der Waals surface area contributed by atoms with Gasteiger partial charge in [-0.3, -0.25) is 0 Å². The van der Waals surface area contributed by atoms with Crippen LogP contribution in [0.15, 0.2) is 17.0 Å². The van der Waals surface area contributed by atoms with Gasteiger partial charge in [-0.15, -0.1) is 6.42 Å². The second-order valence-electron chi connectivity index (χ2n) is 4.41. The minimum Gasteiger partial charge on any atom is -0.392 e. The van der Waals surface area contributed by atoms with Gasteiger partial charge in [0, 0.05) is 12.1 Å². The molecule has 20 heavy (non-hydrogen) atoms. The lowest BCUT2D eigenvalue weighted by molar-refractivity contribution is 0.275. The zero-order chi connectivity index (χ0) is 15.3. The smallest absolute Gasteiger partial charge is 0.243 e. The average Bonchev–Trinajstić information content (AvgIpc) is 2.41. The van der Waals surface area contributed by atoms with Crippen molar-refractivity contribution < 1.29 is 17.9 Å². The fourth-order valence-electron chi connectivity index (χ4n) is 1.86. The number of hydrogen-bond donors (Lipinski definition) is 1. The summed E-state index contributed by atoms with van der Waals surface area (Å²) in [6.07, 6.45) is 5.81. The van der Waals surface area contributed by atoms with Gasteiger partial charge in [0.05, 0.1) is 18.0 Å². The molecule has 1 aromatic rings. The number of nitrogens with zero attached hydrogens (tertiary/aromatic N) is 1. The van der Waals surface area contributed by atoms with Crippen LogP contribution in [-0.2, 0) is 16.6 Å². The Bertz CT molecular complexity index is 620. The lowest BCUT2D eigenvalue weighted by Crippen LogP contribution is -2.32. The molecular weight excluding hydrogens is 281 g/mol. The molecule has 0 aromatic heterocycles. The van der Waals surface area contributed by atoms with E-state index in [0.29, 0.717) is 6.42 Å². The molecule has 0 unspecified atom stereocenters. The van der Waals surface area contributed by atoms with E-state index in [4.69, 9.17) is 11.5 Å². The van der Waals surface area contributed by atoms with E-state index in [0.717, 1.165) is 6.07 Å². The molecule has 0 bridgehead atoms. The summed E-state index contributed by atoms with van der Waals surface area (Å²) in [5.74, 6) is 1.71. The van der Waals surface area contributed by atoms with Gasteiger partial charge in [-0.05, 0) is 31.0 Å². The first-order valence-corrected chi connectivity index (χ1v) is 7.66. The summed E-state index contributed by atoms with van der Waals surface area (Å²) >= 11 is 0. The number of aliphatic hydroxyl groups is 1. The van der Waals surface area contributed by atoms with Gasteiger partial charge in [0.1, 0.15) is 5.82 Å². The van der Waals surface area contributed by atoms with Crippen LogP contribution in [0.4, 0.5) is 4.39 Å². The Morgan fingerprint density at radius 3 is 2.60 bits per heavy atom. The Kier molecular flexibility index (Phi) is 5.69. The first kappa shape index (κ1) is 16.6. The second-order valence-corrected chi connectivity index (χ2v) is 6.35. The van der Waals surface area contributed by atoms with Crippen molar-refractivity contribution in [3.05, 3.63) is 29.1 Å². The molecule has 4 nitrogen and oxygen atoms in total. The molecule has 1 rings (SSSR count). The summed E-state index contributed by atoms with van der Waals surface area (Å²) in [6.45, 7) is 2.99. The van der Waals surface area contributed by atoms with E-state index in [1.54, 1.807) is 0 Å². The number of sulfonamides is 1. The Morgan fingerprint density at radius 1 is 1.45 bits per heavy atom. The van der Waals surface area contributed by atoms with Crippen LogP contribution in [0.5, 0.6) is 0 Å². The maximum Gasteiger partial charge on any atom is 0.243 e. The summed E-state index contributed by atoms with van der Waals surface area (Å²) in [4.78, 5) is -0.0517. The molecule has 0 aliphatic heterocycles. The van der Waals surface area contributed by atoms with Crippen LogP contribution in [0.25, 0.3) is 0 Å². The molecule has 1 aromatic carbocycles. The third-order valence-corrected chi connectivity index (χ3v) is 4.68. The second kappa shape index (κ2) is 6.84. The molecule has 0 heterocycles. The van der Waals surface area contributed by atoms with Crippen molar-refractivity contribution in [2.75, 3.05) is 13.1 Å². The van der Waals surface area contributed by atoms with Gasteiger partial charge in [0.15, 0.2) is 0 Å². The Balaban J connectivity index is 3.34. The van der Waals surface area contributed by atoms with Crippen molar-refractivity contribution in [2.24, 2.45) is 0 Å². The van der Waals surface area contributed by atoms with Gasteiger partial charge in [-0.2, -0.15) is 4.31 Å². The van der Waals surface area contributed by atoms with E-state index in [-0.39, 0.29) is 29.1 Å². The van der Waals surface area contributed by atoms with E-state index < -0.39 is 22.4 Å². The third kappa shape index (κ3) is 3.37. The van der Waals surface area contributed by atoms with Gasteiger partial charge in [-0.25, -0.2) is 12.8 Å². The highest BCUT2D eigenvalue weighted by molar-refractivity contribution is 7.89. The molecule has 0 saturated carbocycles. The summed E-state index contributed by atoms with van der Waals surface area (Å²) in [7, 11) is -3.78. The monoisotopic (exact) mass is 299 g/mol. The number of halogens is 1.